The molecular weight excluding hydrogens is 164 g/mol. The van der Waals surface area contributed by atoms with Crippen molar-refractivity contribution < 1.29 is 13.7 Å². The largest absolute Gasteiger partial charge is 0.417 e. The third-order valence-corrected chi connectivity index (χ3v) is 6.82. The fourth-order valence-electron chi connectivity index (χ4n) is 0.734. The van der Waals surface area contributed by atoms with E-state index >= 15 is 0 Å². The van der Waals surface area contributed by atoms with Gasteiger partial charge in [-0.2, -0.15) is 0 Å². The van der Waals surface area contributed by atoms with Crippen molar-refractivity contribution in [3.8, 4) is 0 Å². The average molecular weight is 180 g/mol. The van der Waals surface area contributed by atoms with Crippen LogP contribution in [0.15, 0.2) is 0 Å². The molecule has 0 amide bonds. The van der Waals surface area contributed by atoms with Crippen LogP contribution in [0.4, 0.5) is 0 Å². The molecule has 0 fully saturated rings. The third kappa shape index (κ3) is 3.47. The van der Waals surface area contributed by atoms with E-state index in [0.29, 0.717) is 12.1 Å². The van der Waals surface area contributed by atoms with E-state index < -0.39 is 17.8 Å². The van der Waals surface area contributed by atoms with Crippen LogP contribution in [0, 0.1) is 0 Å². The second-order valence-electron chi connectivity index (χ2n) is 2.37. The van der Waals surface area contributed by atoms with Crippen molar-refractivity contribution in [2.24, 2.45) is 0 Å². The molecule has 0 aliphatic heterocycles. The zero-order valence-corrected chi connectivity index (χ0v) is 8.95. The van der Waals surface area contributed by atoms with Gasteiger partial charge in [0.25, 0.3) is 0 Å². The summed E-state index contributed by atoms with van der Waals surface area (Å²) >= 11 is 0. The van der Waals surface area contributed by atoms with Gasteiger partial charge in [0, 0.05) is 0 Å². The molecule has 0 aliphatic carbocycles. The fourth-order valence-corrected chi connectivity index (χ4v) is 5.11. The van der Waals surface area contributed by atoms with Gasteiger partial charge < -0.3 is 13.7 Å². The molecule has 0 aromatic heterocycles. The van der Waals surface area contributed by atoms with Crippen LogP contribution >= 0.6 is 0 Å². The molecule has 1 unspecified atom stereocenters. The normalized spacial score (nSPS) is 15.3. The standard InChI is InChI=1S/C5H16O3Si2/c1-4-10(7,5-2)8-9(3)6/h6-7,9H,4-5H2,1-3H3. The lowest BCUT2D eigenvalue weighted by Crippen LogP contribution is -2.41. The lowest BCUT2D eigenvalue weighted by Gasteiger charge is -2.23. The molecule has 62 valence electrons. The monoisotopic (exact) mass is 180 g/mol. The van der Waals surface area contributed by atoms with Crippen molar-refractivity contribution in [1.82, 2.24) is 0 Å². The SMILES string of the molecule is CC[Si](O)(CC)O[SiH](C)O. The minimum atomic E-state index is -2.45. The predicted molar refractivity (Wildman–Crippen MR) is 45.3 cm³/mol. The number of hydrogen-bond donors (Lipinski definition) is 2. The third-order valence-electron chi connectivity index (χ3n) is 1.49. The van der Waals surface area contributed by atoms with Gasteiger partial charge in [-0.1, -0.05) is 13.8 Å². The highest BCUT2D eigenvalue weighted by molar-refractivity contribution is 6.72. The molecule has 1 atom stereocenters. The Bertz CT molecular complexity index is 92.9. The second-order valence-corrected chi connectivity index (χ2v) is 7.82. The Morgan fingerprint density at radius 2 is 1.80 bits per heavy atom. The lowest BCUT2D eigenvalue weighted by atomic mass is 10.9. The smallest absolute Gasteiger partial charge is 0.325 e. The van der Waals surface area contributed by atoms with Gasteiger partial charge in [0.05, 0.1) is 0 Å². The van der Waals surface area contributed by atoms with Crippen molar-refractivity contribution in [3.05, 3.63) is 0 Å². The van der Waals surface area contributed by atoms with Crippen molar-refractivity contribution in [1.29, 1.82) is 0 Å². The molecule has 2 N–H and O–H groups in total. The Morgan fingerprint density at radius 3 is 1.90 bits per heavy atom. The summed E-state index contributed by atoms with van der Waals surface area (Å²) in [5.41, 5.74) is 0. The van der Waals surface area contributed by atoms with E-state index in [2.05, 4.69) is 0 Å². The molecule has 5 heteroatoms. The zero-order chi connectivity index (χ0) is 8.20. The first-order valence-corrected chi connectivity index (χ1v) is 8.03. The van der Waals surface area contributed by atoms with E-state index in [0.717, 1.165) is 0 Å². The molecule has 0 radical (unpaired) electrons. The van der Waals surface area contributed by atoms with Crippen LogP contribution < -0.4 is 0 Å². The maximum Gasteiger partial charge on any atom is 0.325 e. The van der Waals surface area contributed by atoms with E-state index in [1.807, 2.05) is 13.8 Å². The first kappa shape index (κ1) is 10.3. The highest BCUT2D eigenvalue weighted by Crippen LogP contribution is 2.12. The van der Waals surface area contributed by atoms with E-state index in [1.54, 1.807) is 6.55 Å². The van der Waals surface area contributed by atoms with Gasteiger partial charge in [0.2, 0.25) is 0 Å². The van der Waals surface area contributed by atoms with Gasteiger partial charge in [-0.25, -0.2) is 0 Å². The molecule has 0 heterocycles. The van der Waals surface area contributed by atoms with Crippen molar-refractivity contribution in [3.63, 3.8) is 0 Å². The van der Waals surface area contributed by atoms with Gasteiger partial charge >= 0.3 is 17.8 Å². The second kappa shape index (κ2) is 4.25. The van der Waals surface area contributed by atoms with E-state index in [4.69, 9.17) is 8.91 Å². The number of hydrogen-bond acceptors (Lipinski definition) is 3. The van der Waals surface area contributed by atoms with Crippen LogP contribution in [0.3, 0.4) is 0 Å². The average Bonchev–Trinajstić information content (AvgIpc) is 1.87. The van der Waals surface area contributed by atoms with Crippen LogP contribution in [-0.2, 0) is 4.12 Å². The first-order valence-electron chi connectivity index (χ1n) is 3.62. The summed E-state index contributed by atoms with van der Waals surface area (Å²) in [6.07, 6.45) is 0. The van der Waals surface area contributed by atoms with Crippen LogP contribution in [-0.4, -0.2) is 27.4 Å². The summed E-state index contributed by atoms with van der Waals surface area (Å²) < 4.78 is 5.12. The fraction of sp³-hybridized carbons (Fsp3) is 1.00. The van der Waals surface area contributed by atoms with E-state index in [1.165, 1.54) is 0 Å². The highest BCUT2D eigenvalue weighted by atomic mass is 28.4. The minimum absolute atomic E-state index is 0.668. The first-order chi connectivity index (χ1) is 4.54. The summed E-state index contributed by atoms with van der Waals surface area (Å²) in [5.74, 6) is 0. The van der Waals surface area contributed by atoms with Crippen LogP contribution in [0.5, 0.6) is 0 Å². The molecule has 0 spiro atoms. The Morgan fingerprint density at radius 1 is 1.40 bits per heavy atom. The van der Waals surface area contributed by atoms with Gasteiger partial charge in [-0.05, 0) is 18.6 Å². The molecule has 10 heavy (non-hydrogen) atoms. The summed E-state index contributed by atoms with van der Waals surface area (Å²) in [6, 6.07) is 1.34. The van der Waals surface area contributed by atoms with Gasteiger partial charge in [-0.15, -0.1) is 0 Å². The Labute approximate surface area is 64.8 Å². The maximum absolute atomic E-state index is 9.59. The van der Waals surface area contributed by atoms with E-state index in [-0.39, 0.29) is 0 Å². The molecule has 3 nitrogen and oxygen atoms in total. The quantitative estimate of drug-likeness (QED) is 0.613. The minimum Gasteiger partial charge on any atom is -0.417 e. The van der Waals surface area contributed by atoms with E-state index in [9.17, 15) is 4.80 Å². The summed E-state index contributed by atoms with van der Waals surface area (Å²) in [5, 5.41) is 0. The van der Waals surface area contributed by atoms with Crippen LogP contribution in [0.2, 0.25) is 18.6 Å². The van der Waals surface area contributed by atoms with Crippen LogP contribution in [0.25, 0.3) is 0 Å². The Kier molecular flexibility index (Phi) is 4.38. The molecule has 0 aromatic rings. The van der Waals surface area contributed by atoms with Crippen molar-refractivity contribution >= 4 is 17.8 Å². The van der Waals surface area contributed by atoms with Gasteiger partial charge in [0.15, 0.2) is 0 Å². The Hall–Kier alpha value is 0.314. The topological polar surface area (TPSA) is 49.7 Å². The lowest BCUT2D eigenvalue weighted by molar-refractivity contribution is 0.329. The van der Waals surface area contributed by atoms with Crippen molar-refractivity contribution in [2.75, 3.05) is 0 Å². The predicted octanol–water partition coefficient (Wildman–Crippen LogP) is 0.320. The zero-order valence-electron chi connectivity index (χ0n) is 6.79. The molecule has 0 bridgehead atoms. The molecule has 0 aliphatic rings. The summed E-state index contributed by atoms with van der Waals surface area (Å²) in [6.45, 7) is 5.45. The van der Waals surface area contributed by atoms with Gasteiger partial charge in [-0.3, -0.25) is 0 Å². The molecule has 0 rings (SSSR count). The summed E-state index contributed by atoms with van der Waals surface area (Å²) in [4.78, 5) is 18.5. The molecular formula is C5H16O3Si2. The molecule has 0 saturated carbocycles. The van der Waals surface area contributed by atoms with Crippen molar-refractivity contribution in [2.45, 2.75) is 32.5 Å². The molecule has 0 saturated heterocycles. The summed E-state index contributed by atoms with van der Waals surface area (Å²) in [7, 11) is -4.47. The van der Waals surface area contributed by atoms with Crippen LogP contribution in [0.1, 0.15) is 13.8 Å². The van der Waals surface area contributed by atoms with Gasteiger partial charge in [0.1, 0.15) is 0 Å². The maximum atomic E-state index is 9.59. The Balaban J connectivity index is 3.80. The highest BCUT2D eigenvalue weighted by Gasteiger charge is 2.30. The molecule has 0 aromatic carbocycles. The number of rotatable bonds is 4.